The van der Waals surface area contributed by atoms with Crippen molar-refractivity contribution in [2.75, 3.05) is 19.7 Å². The number of likely N-dealkylation sites (tertiary alicyclic amines) is 1. The van der Waals surface area contributed by atoms with E-state index in [-0.39, 0.29) is 29.1 Å². The number of amides is 1. The number of benzene rings is 1. The van der Waals surface area contributed by atoms with E-state index in [0.717, 1.165) is 30.5 Å². The number of aromatic hydroxyl groups is 1. The van der Waals surface area contributed by atoms with E-state index < -0.39 is 5.60 Å². The molecule has 1 amide bonds. The number of phenols is 1. The number of fused-ring (bicyclic) bond motifs is 3. The van der Waals surface area contributed by atoms with Gasteiger partial charge in [0, 0.05) is 36.8 Å². The van der Waals surface area contributed by atoms with E-state index in [2.05, 4.69) is 23.8 Å². The molecule has 4 heterocycles. The van der Waals surface area contributed by atoms with Crippen molar-refractivity contribution in [1.29, 1.82) is 0 Å². The van der Waals surface area contributed by atoms with Gasteiger partial charge in [-0.3, -0.25) is 9.78 Å². The number of hydrogen-bond donors (Lipinski definition) is 1. The number of hydrogen-bond acceptors (Lipinski definition) is 6. The van der Waals surface area contributed by atoms with Crippen molar-refractivity contribution >= 4 is 5.91 Å². The van der Waals surface area contributed by atoms with E-state index in [0.29, 0.717) is 31.1 Å². The molecule has 1 aromatic heterocycles. The third-order valence-corrected chi connectivity index (χ3v) is 7.27. The maximum Gasteiger partial charge on any atom is 0.274 e. The summed E-state index contributed by atoms with van der Waals surface area (Å²) in [5, 5.41) is 9.86. The summed E-state index contributed by atoms with van der Waals surface area (Å²) in [6.45, 7) is 8.14. The second-order valence-electron chi connectivity index (χ2n) is 9.81. The lowest BCUT2D eigenvalue weighted by molar-refractivity contribution is -0.173. The van der Waals surface area contributed by atoms with Crippen molar-refractivity contribution in [2.24, 2.45) is 11.3 Å². The van der Waals surface area contributed by atoms with Gasteiger partial charge in [0.2, 0.25) is 0 Å². The molecule has 1 spiro atoms. The van der Waals surface area contributed by atoms with Gasteiger partial charge in [-0.15, -0.1) is 0 Å². The van der Waals surface area contributed by atoms with Gasteiger partial charge in [-0.05, 0) is 57.6 Å². The van der Waals surface area contributed by atoms with Gasteiger partial charge in [0.1, 0.15) is 22.8 Å². The van der Waals surface area contributed by atoms with Gasteiger partial charge in [0.25, 0.3) is 5.91 Å². The molecule has 1 aromatic carbocycles. The molecule has 2 atom stereocenters. The number of nitrogens with zero attached hydrogens (tertiary/aromatic N) is 3. The van der Waals surface area contributed by atoms with Crippen LogP contribution in [0.2, 0.25) is 0 Å². The number of carbonyl (C=O) groups is 1. The summed E-state index contributed by atoms with van der Waals surface area (Å²) in [4.78, 5) is 23.2. The summed E-state index contributed by atoms with van der Waals surface area (Å²) in [6.07, 6.45) is 5.97. The van der Waals surface area contributed by atoms with E-state index >= 15 is 0 Å². The molecule has 3 aliphatic heterocycles. The number of aromatic nitrogens is 2. The minimum atomic E-state index is -0.399. The molecule has 31 heavy (non-hydrogen) atoms. The molecule has 2 aromatic rings. The Hall–Kier alpha value is -2.67. The van der Waals surface area contributed by atoms with Crippen molar-refractivity contribution in [3.63, 3.8) is 0 Å². The number of piperidine rings is 1. The predicted octanol–water partition coefficient (Wildman–Crippen LogP) is 3.66. The summed E-state index contributed by atoms with van der Waals surface area (Å²) < 4.78 is 12.8. The second-order valence-corrected chi connectivity index (χ2v) is 9.81. The lowest BCUT2D eigenvalue weighted by Crippen LogP contribution is -2.54. The fourth-order valence-electron chi connectivity index (χ4n) is 5.34. The minimum absolute atomic E-state index is 0.0348. The van der Waals surface area contributed by atoms with Crippen molar-refractivity contribution in [3.8, 4) is 11.5 Å². The zero-order chi connectivity index (χ0) is 21.8. The highest BCUT2D eigenvalue weighted by Crippen LogP contribution is 2.55. The largest absolute Gasteiger partial charge is 0.508 e. The summed E-state index contributed by atoms with van der Waals surface area (Å²) in [5.41, 5.74) is 1.87. The van der Waals surface area contributed by atoms with E-state index in [1.807, 2.05) is 17.9 Å². The van der Waals surface area contributed by atoms with Crippen LogP contribution in [0, 0.1) is 18.3 Å². The molecule has 2 saturated heterocycles. The van der Waals surface area contributed by atoms with Crippen LogP contribution in [0.4, 0.5) is 0 Å². The maximum atomic E-state index is 12.8. The van der Waals surface area contributed by atoms with Gasteiger partial charge in [-0.2, -0.15) is 0 Å². The number of rotatable bonds is 1. The van der Waals surface area contributed by atoms with E-state index in [9.17, 15) is 9.90 Å². The Morgan fingerprint density at radius 3 is 2.68 bits per heavy atom. The van der Waals surface area contributed by atoms with Crippen LogP contribution in [0.1, 0.15) is 61.0 Å². The molecule has 0 radical (unpaired) electrons. The third kappa shape index (κ3) is 3.55. The third-order valence-electron chi connectivity index (χ3n) is 7.27. The lowest BCUT2D eigenvalue weighted by atomic mass is 9.64. The summed E-state index contributed by atoms with van der Waals surface area (Å²) in [6, 6.07) is 5.29. The topological polar surface area (TPSA) is 84.8 Å². The highest BCUT2D eigenvalue weighted by molar-refractivity contribution is 5.92. The Kier molecular flexibility index (Phi) is 4.70. The quantitative estimate of drug-likeness (QED) is 0.754. The van der Waals surface area contributed by atoms with Gasteiger partial charge < -0.3 is 19.5 Å². The van der Waals surface area contributed by atoms with Crippen molar-refractivity contribution < 1.29 is 19.4 Å². The van der Waals surface area contributed by atoms with Crippen LogP contribution in [0.5, 0.6) is 11.5 Å². The molecule has 0 bridgehead atoms. The fourth-order valence-corrected chi connectivity index (χ4v) is 5.34. The van der Waals surface area contributed by atoms with E-state index in [1.165, 1.54) is 0 Å². The van der Waals surface area contributed by atoms with Gasteiger partial charge in [-0.25, -0.2) is 4.98 Å². The zero-order valence-corrected chi connectivity index (χ0v) is 18.3. The summed E-state index contributed by atoms with van der Waals surface area (Å²) >= 11 is 0. The number of aryl methyl sites for hydroxylation is 1. The molecular formula is C24H29N3O4. The molecule has 0 saturated carbocycles. The maximum absolute atomic E-state index is 12.8. The summed E-state index contributed by atoms with van der Waals surface area (Å²) in [5.74, 6) is 1.08. The normalized spacial score (nSPS) is 26.0. The van der Waals surface area contributed by atoms with Crippen molar-refractivity contribution in [1.82, 2.24) is 14.9 Å². The molecule has 164 valence electrons. The number of phenolic OH excluding ortho intramolecular Hbond substituents is 1. The highest BCUT2D eigenvalue weighted by atomic mass is 16.5. The second kappa shape index (κ2) is 7.19. The first kappa shape index (κ1) is 20.2. The molecule has 3 aliphatic rings. The molecular weight excluding hydrogens is 394 g/mol. The minimum Gasteiger partial charge on any atom is -0.508 e. The van der Waals surface area contributed by atoms with Crippen LogP contribution < -0.4 is 4.74 Å². The predicted molar refractivity (Wildman–Crippen MR) is 114 cm³/mol. The molecule has 0 aliphatic carbocycles. The van der Waals surface area contributed by atoms with Crippen LogP contribution in [0.15, 0.2) is 30.6 Å². The van der Waals surface area contributed by atoms with Gasteiger partial charge >= 0.3 is 0 Å². The summed E-state index contributed by atoms with van der Waals surface area (Å²) in [7, 11) is 0. The van der Waals surface area contributed by atoms with Crippen LogP contribution in [-0.2, 0) is 4.74 Å². The van der Waals surface area contributed by atoms with Crippen LogP contribution in [-0.4, -0.2) is 51.2 Å². The average Bonchev–Trinajstić information content (AvgIpc) is 2.74. The molecule has 1 N–H and O–H groups in total. The van der Waals surface area contributed by atoms with Crippen LogP contribution in [0.3, 0.4) is 0 Å². The number of carbonyl (C=O) groups excluding carboxylic acids is 1. The Morgan fingerprint density at radius 2 is 1.97 bits per heavy atom. The SMILES string of the molecule is Cc1cnc(C(=O)N2CCC3(CC2)CO[C@@H]2c4ccc(O)cc4OC(C)(C)[C@H]2C3)cn1. The number of ether oxygens (including phenoxy) is 2. The van der Waals surface area contributed by atoms with Gasteiger partial charge in [0.05, 0.1) is 24.6 Å². The van der Waals surface area contributed by atoms with Crippen molar-refractivity contribution in [3.05, 3.63) is 47.5 Å². The van der Waals surface area contributed by atoms with Gasteiger partial charge in [-0.1, -0.05) is 0 Å². The van der Waals surface area contributed by atoms with Gasteiger partial charge in [0.15, 0.2) is 0 Å². The Morgan fingerprint density at radius 1 is 1.19 bits per heavy atom. The van der Waals surface area contributed by atoms with E-state index in [4.69, 9.17) is 9.47 Å². The smallest absolute Gasteiger partial charge is 0.274 e. The lowest BCUT2D eigenvalue weighted by Gasteiger charge is -2.54. The molecule has 5 rings (SSSR count). The molecule has 2 fully saturated rings. The van der Waals surface area contributed by atoms with E-state index in [1.54, 1.807) is 24.5 Å². The fraction of sp³-hybridized carbons (Fsp3) is 0.542. The first-order valence-corrected chi connectivity index (χ1v) is 11.0. The standard InChI is InChI=1S/C24H29N3O4/c1-15-12-26-19(13-25-15)22(29)27-8-6-24(7-9-27)11-18-21(30-14-24)17-5-4-16(28)10-20(17)31-23(18,2)3/h4-5,10,12-13,18,21,28H,6-9,11,14H2,1-3H3/t18-,21+/m0/s1. The monoisotopic (exact) mass is 423 g/mol. The highest BCUT2D eigenvalue weighted by Gasteiger charge is 2.53. The van der Waals surface area contributed by atoms with Crippen molar-refractivity contribution in [2.45, 2.75) is 51.7 Å². The molecule has 0 unspecified atom stereocenters. The Balaban J connectivity index is 1.31. The molecule has 7 heteroatoms. The average molecular weight is 424 g/mol. The Bertz CT molecular complexity index is 996. The van der Waals surface area contributed by atoms with Crippen LogP contribution in [0.25, 0.3) is 0 Å². The Labute approximate surface area is 182 Å². The zero-order valence-electron chi connectivity index (χ0n) is 18.3. The first-order valence-electron chi connectivity index (χ1n) is 11.0. The first-order chi connectivity index (χ1) is 14.8. The molecule has 7 nitrogen and oxygen atoms in total. The van der Waals surface area contributed by atoms with Crippen LogP contribution >= 0.6 is 0 Å².